The molecule has 0 saturated carbocycles. The Bertz CT molecular complexity index is 109. The maximum Gasteiger partial charge on any atom is 0.355 e. The average Bonchev–Trinajstić information content (AvgIpc) is 2.09. The summed E-state index contributed by atoms with van der Waals surface area (Å²) in [7, 11) is 1.32. The Kier molecular flexibility index (Phi) is 6.18. The first kappa shape index (κ1) is 12.4. The summed E-state index contributed by atoms with van der Waals surface area (Å²) in [5, 5.41) is 0.0718. The van der Waals surface area contributed by atoms with Crippen molar-refractivity contribution in [2.75, 3.05) is 14.2 Å². The SMILES string of the molecule is CCCC(Cl)[Si](CC)(OC)OC. The van der Waals surface area contributed by atoms with Crippen molar-refractivity contribution in [1.29, 1.82) is 0 Å². The molecule has 12 heavy (non-hydrogen) atoms. The van der Waals surface area contributed by atoms with Gasteiger partial charge in [0.15, 0.2) is 0 Å². The van der Waals surface area contributed by atoms with Crippen molar-refractivity contribution in [2.24, 2.45) is 0 Å². The Morgan fingerprint density at radius 3 is 2.00 bits per heavy atom. The molecule has 0 aromatic carbocycles. The molecule has 0 aliphatic heterocycles. The summed E-state index contributed by atoms with van der Waals surface area (Å²) in [4.78, 5) is 0. The molecule has 0 aromatic rings. The lowest BCUT2D eigenvalue weighted by atomic mass is 10.4. The van der Waals surface area contributed by atoms with Crippen molar-refractivity contribution in [1.82, 2.24) is 0 Å². The van der Waals surface area contributed by atoms with Gasteiger partial charge in [-0.15, -0.1) is 11.6 Å². The minimum absolute atomic E-state index is 0.0718. The summed E-state index contributed by atoms with van der Waals surface area (Å²) < 4.78 is 10.9. The van der Waals surface area contributed by atoms with Gasteiger partial charge in [0.1, 0.15) is 0 Å². The van der Waals surface area contributed by atoms with E-state index in [-0.39, 0.29) is 5.00 Å². The number of hydrogen-bond donors (Lipinski definition) is 0. The van der Waals surface area contributed by atoms with Crippen LogP contribution in [0.5, 0.6) is 0 Å². The molecular formula is C8H19ClO2Si. The molecule has 2 nitrogen and oxygen atoms in total. The van der Waals surface area contributed by atoms with Crippen LogP contribution in [0.2, 0.25) is 6.04 Å². The van der Waals surface area contributed by atoms with E-state index < -0.39 is 8.56 Å². The molecule has 0 N–H and O–H groups in total. The van der Waals surface area contributed by atoms with Crippen molar-refractivity contribution in [3.63, 3.8) is 0 Å². The molecule has 0 fully saturated rings. The van der Waals surface area contributed by atoms with E-state index in [4.69, 9.17) is 20.5 Å². The first-order valence-electron chi connectivity index (χ1n) is 4.41. The molecule has 0 aromatic heterocycles. The van der Waals surface area contributed by atoms with Gasteiger partial charge in [-0.3, -0.25) is 0 Å². The number of hydrogen-bond acceptors (Lipinski definition) is 2. The van der Waals surface area contributed by atoms with Crippen LogP contribution in [-0.2, 0) is 8.85 Å². The highest BCUT2D eigenvalue weighted by molar-refractivity contribution is 6.76. The van der Waals surface area contributed by atoms with Crippen LogP contribution in [-0.4, -0.2) is 27.8 Å². The van der Waals surface area contributed by atoms with Crippen LogP contribution in [0.1, 0.15) is 26.7 Å². The van der Waals surface area contributed by atoms with E-state index in [9.17, 15) is 0 Å². The molecule has 0 rings (SSSR count). The Morgan fingerprint density at radius 1 is 1.25 bits per heavy atom. The van der Waals surface area contributed by atoms with Crippen LogP contribution in [0.15, 0.2) is 0 Å². The summed E-state index contributed by atoms with van der Waals surface area (Å²) in [6, 6.07) is 0.911. The molecular weight excluding hydrogens is 192 g/mol. The smallest absolute Gasteiger partial charge is 0.355 e. The number of halogens is 1. The lowest BCUT2D eigenvalue weighted by Gasteiger charge is -2.30. The Labute approximate surface area is 81.5 Å². The second kappa shape index (κ2) is 5.97. The summed E-state index contributed by atoms with van der Waals surface area (Å²) in [6.45, 7) is 4.19. The van der Waals surface area contributed by atoms with Gasteiger partial charge >= 0.3 is 8.56 Å². The third-order valence-electron chi connectivity index (χ3n) is 2.20. The van der Waals surface area contributed by atoms with Gasteiger partial charge in [0, 0.05) is 14.2 Å². The number of rotatable bonds is 6. The van der Waals surface area contributed by atoms with Crippen LogP contribution >= 0.6 is 11.6 Å². The molecule has 1 unspecified atom stereocenters. The lowest BCUT2D eigenvalue weighted by Crippen LogP contribution is -2.48. The van der Waals surface area contributed by atoms with Gasteiger partial charge in [0.25, 0.3) is 0 Å². The van der Waals surface area contributed by atoms with Gasteiger partial charge in [-0.25, -0.2) is 0 Å². The third-order valence-corrected chi connectivity index (χ3v) is 7.03. The molecule has 0 aliphatic rings. The van der Waals surface area contributed by atoms with Crippen LogP contribution in [0, 0.1) is 0 Å². The van der Waals surface area contributed by atoms with Crippen molar-refractivity contribution in [3.8, 4) is 0 Å². The first-order chi connectivity index (χ1) is 5.66. The fourth-order valence-electron chi connectivity index (χ4n) is 1.32. The van der Waals surface area contributed by atoms with Gasteiger partial charge < -0.3 is 8.85 Å². The highest BCUT2D eigenvalue weighted by Crippen LogP contribution is 2.24. The van der Waals surface area contributed by atoms with Crippen LogP contribution in [0.3, 0.4) is 0 Å². The zero-order valence-electron chi connectivity index (χ0n) is 8.39. The van der Waals surface area contributed by atoms with E-state index in [1.165, 1.54) is 0 Å². The van der Waals surface area contributed by atoms with Crippen molar-refractivity contribution >= 4 is 20.2 Å². The summed E-state index contributed by atoms with van der Waals surface area (Å²) >= 11 is 6.22. The summed E-state index contributed by atoms with van der Waals surface area (Å²) in [5.41, 5.74) is 0. The fraction of sp³-hybridized carbons (Fsp3) is 1.00. The Hall–Kier alpha value is 0.427. The van der Waals surface area contributed by atoms with Gasteiger partial charge in [0.05, 0.1) is 5.00 Å². The third kappa shape index (κ3) is 2.73. The van der Waals surface area contributed by atoms with Gasteiger partial charge in [-0.1, -0.05) is 20.3 Å². The molecule has 0 bridgehead atoms. The molecule has 4 heteroatoms. The predicted octanol–water partition coefficient (Wildman–Crippen LogP) is 2.69. The van der Waals surface area contributed by atoms with E-state index in [2.05, 4.69) is 13.8 Å². The molecule has 74 valence electrons. The fourth-order valence-corrected chi connectivity index (χ4v) is 4.97. The molecule has 0 spiro atoms. The zero-order valence-corrected chi connectivity index (χ0v) is 10.1. The van der Waals surface area contributed by atoms with Gasteiger partial charge in [-0.05, 0) is 12.5 Å². The van der Waals surface area contributed by atoms with Crippen molar-refractivity contribution in [3.05, 3.63) is 0 Å². The lowest BCUT2D eigenvalue weighted by molar-refractivity contribution is 0.238. The second-order valence-electron chi connectivity index (χ2n) is 2.83. The highest BCUT2D eigenvalue weighted by Gasteiger charge is 2.41. The molecule has 0 amide bonds. The van der Waals surface area contributed by atoms with Crippen molar-refractivity contribution < 1.29 is 8.85 Å². The van der Waals surface area contributed by atoms with Crippen LogP contribution in [0.25, 0.3) is 0 Å². The van der Waals surface area contributed by atoms with E-state index in [0.29, 0.717) is 0 Å². The van der Waals surface area contributed by atoms with E-state index in [1.807, 2.05) is 0 Å². The number of alkyl halides is 1. The van der Waals surface area contributed by atoms with Gasteiger partial charge in [-0.2, -0.15) is 0 Å². The Morgan fingerprint density at radius 2 is 1.75 bits per heavy atom. The van der Waals surface area contributed by atoms with E-state index >= 15 is 0 Å². The standard InChI is InChI=1S/C8H19ClO2Si/c1-5-7-8(9)12(6-2,10-3)11-4/h8H,5-7H2,1-4H3. The highest BCUT2D eigenvalue weighted by atomic mass is 35.5. The van der Waals surface area contributed by atoms with Crippen LogP contribution < -0.4 is 0 Å². The quantitative estimate of drug-likeness (QED) is 0.496. The maximum absolute atomic E-state index is 6.22. The normalized spacial score (nSPS) is 14.8. The van der Waals surface area contributed by atoms with E-state index in [1.54, 1.807) is 14.2 Å². The van der Waals surface area contributed by atoms with Gasteiger partial charge in [0.2, 0.25) is 0 Å². The summed E-state index contributed by atoms with van der Waals surface area (Å²) in [6.07, 6.45) is 2.05. The molecule has 1 atom stereocenters. The monoisotopic (exact) mass is 210 g/mol. The molecule has 0 radical (unpaired) electrons. The molecule has 0 saturated heterocycles. The Balaban J connectivity index is 4.24. The summed E-state index contributed by atoms with van der Waals surface area (Å²) in [5.74, 6) is 0. The van der Waals surface area contributed by atoms with E-state index in [0.717, 1.165) is 18.9 Å². The van der Waals surface area contributed by atoms with Crippen molar-refractivity contribution in [2.45, 2.75) is 37.7 Å². The predicted molar refractivity (Wildman–Crippen MR) is 54.8 cm³/mol. The zero-order chi connectivity index (χ0) is 9.61. The molecule has 0 heterocycles. The topological polar surface area (TPSA) is 18.5 Å². The molecule has 0 aliphatic carbocycles. The second-order valence-corrected chi connectivity index (χ2v) is 7.57. The largest absolute Gasteiger partial charge is 0.397 e. The van der Waals surface area contributed by atoms with Crippen LogP contribution in [0.4, 0.5) is 0 Å². The first-order valence-corrected chi connectivity index (χ1v) is 6.95. The average molecular weight is 211 g/mol. The minimum atomic E-state index is -2.08. The maximum atomic E-state index is 6.22. The minimum Gasteiger partial charge on any atom is -0.397 e.